The van der Waals surface area contributed by atoms with Crippen molar-refractivity contribution in [3.05, 3.63) is 29.8 Å². The Morgan fingerprint density at radius 3 is 2.48 bits per heavy atom. The monoisotopic (exact) mass is 377 g/mol. The van der Waals surface area contributed by atoms with Gasteiger partial charge in [-0.05, 0) is 50.0 Å². The summed E-state index contributed by atoms with van der Waals surface area (Å²) < 4.78 is 16.2. The van der Waals surface area contributed by atoms with Crippen molar-refractivity contribution in [3.63, 3.8) is 0 Å². The van der Waals surface area contributed by atoms with Gasteiger partial charge in [0, 0.05) is 12.1 Å². The number of hydrogen-bond donors (Lipinski definition) is 1. The molecule has 0 aromatic heterocycles. The topological polar surface area (TPSA) is 73.9 Å². The number of carbonyl (C=O) groups excluding carboxylic acids is 2. The van der Waals surface area contributed by atoms with Crippen molar-refractivity contribution in [2.24, 2.45) is 5.92 Å². The first-order valence-electron chi connectivity index (χ1n) is 9.41. The molecule has 6 heteroatoms. The lowest BCUT2D eigenvalue weighted by Crippen LogP contribution is -2.38. The van der Waals surface area contributed by atoms with Gasteiger partial charge >= 0.3 is 5.97 Å². The zero-order chi connectivity index (χ0) is 20.2. The van der Waals surface area contributed by atoms with Gasteiger partial charge < -0.3 is 19.5 Å². The molecule has 0 fully saturated rings. The van der Waals surface area contributed by atoms with Crippen LogP contribution in [0.25, 0.3) is 6.08 Å². The lowest BCUT2D eigenvalue weighted by atomic mass is 10.1. The van der Waals surface area contributed by atoms with Crippen LogP contribution in [0.15, 0.2) is 24.3 Å². The van der Waals surface area contributed by atoms with Crippen molar-refractivity contribution in [2.75, 3.05) is 19.8 Å². The Balaban J connectivity index is 2.61. The van der Waals surface area contributed by atoms with Crippen LogP contribution in [0.4, 0.5) is 0 Å². The molecule has 1 N–H and O–H groups in total. The zero-order valence-electron chi connectivity index (χ0n) is 16.9. The third-order valence-electron chi connectivity index (χ3n) is 3.88. The van der Waals surface area contributed by atoms with Crippen LogP contribution in [0.5, 0.6) is 11.5 Å². The number of esters is 1. The number of amides is 1. The highest BCUT2D eigenvalue weighted by atomic mass is 16.5. The third-order valence-corrected chi connectivity index (χ3v) is 3.88. The molecule has 1 rings (SSSR count). The van der Waals surface area contributed by atoms with Crippen LogP contribution in [0.3, 0.4) is 0 Å². The third kappa shape index (κ3) is 8.62. The van der Waals surface area contributed by atoms with E-state index >= 15 is 0 Å². The van der Waals surface area contributed by atoms with Gasteiger partial charge in [0.15, 0.2) is 18.1 Å². The van der Waals surface area contributed by atoms with E-state index in [1.54, 1.807) is 12.1 Å². The summed E-state index contributed by atoms with van der Waals surface area (Å²) in [4.78, 5) is 23.5. The van der Waals surface area contributed by atoms with Crippen LogP contribution in [-0.2, 0) is 14.3 Å². The molecule has 0 saturated heterocycles. The van der Waals surface area contributed by atoms with E-state index in [-0.39, 0.29) is 18.6 Å². The highest BCUT2D eigenvalue weighted by Crippen LogP contribution is 2.29. The Hall–Kier alpha value is -2.50. The average Bonchev–Trinajstić information content (AvgIpc) is 2.64. The molecule has 0 bridgehead atoms. The first-order chi connectivity index (χ1) is 12.9. The molecule has 1 amide bonds. The average molecular weight is 377 g/mol. The van der Waals surface area contributed by atoms with E-state index in [1.165, 1.54) is 6.08 Å². The first kappa shape index (κ1) is 22.5. The molecule has 150 valence electrons. The molecular weight excluding hydrogens is 346 g/mol. The molecule has 1 atom stereocenters. The summed E-state index contributed by atoms with van der Waals surface area (Å²) in [6, 6.07) is 5.47. The van der Waals surface area contributed by atoms with Crippen molar-refractivity contribution in [1.82, 2.24) is 5.32 Å². The molecule has 1 unspecified atom stereocenters. The maximum absolute atomic E-state index is 11.8. The van der Waals surface area contributed by atoms with Gasteiger partial charge in [-0.2, -0.15) is 0 Å². The van der Waals surface area contributed by atoms with E-state index in [2.05, 4.69) is 5.32 Å². The highest BCUT2D eigenvalue weighted by Gasteiger charge is 2.12. The zero-order valence-corrected chi connectivity index (χ0v) is 16.9. The molecule has 1 aromatic rings. The molecule has 0 heterocycles. The summed E-state index contributed by atoms with van der Waals surface area (Å²) in [6.45, 7) is 10.7. The Bertz CT molecular complexity index is 639. The lowest BCUT2D eigenvalue weighted by molar-refractivity contribution is -0.144. The molecule has 0 aliphatic heterocycles. The molecule has 0 spiro atoms. The van der Waals surface area contributed by atoms with Crippen LogP contribution in [-0.4, -0.2) is 37.7 Å². The minimum Gasteiger partial charge on any atom is -0.490 e. The van der Waals surface area contributed by atoms with E-state index in [9.17, 15) is 9.59 Å². The van der Waals surface area contributed by atoms with Crippen molar-refractivity contribution >= 4 is 18.0 Å². The predicted octanol–water partition coefficient (Wildman–Crippen LogP) is 3.59. The summed E-state index contributed by atoms with van der Waals surface area (Å²) >= 11 is 0. The van der Waals surface area contributed by atoms with Gasteiger partial charge in [-0.1, -0.05) is 26.8 Å². The number of carbonyl (C=O) groups is 2. The summed E-state index contributed by atoms with van der Waals surface area (Å²) in [5.74, 6) is 0.729. The van der Waals surface area contributed by atoms with Crippen molar-refractivity contribution in [3.8, 4) is 11.5 Å². The maximum Gasteiger partial charge on any atom is 0.331 e. The van der Waals surface area contributed by atoms with Crippen LogP contribution >= 0.6 is 0 Å². The van der Waals surface area contributed by atoms with Gasteiger partial charge in [-0.25, -0.2) is 4.79 Å². The minimum atomic E-state index is -0.577. The second-order valence-electron chi connectivity index (χ2n) is 6.53. The van der Waals surface area contributed by atoms with Gasteiger partial charge in [0.1, 0.15) is 0 Å². The Morgan fingerprint density at radius 1 is 1.11 bits per heavy atom. The molecule has 0 saturated carbocycles. The van der Waals surface area contributed by atoms with E-state index in [0.29, 0.717) is 30.6 Å². The Morgan fingerprint density at radius 2 is 1.85 bits per heavy atom. The molecule has 0 radical (unpaired) electrons. The summed E-state index contributed by atoms with van der Waals surface area (Å²) in [7, 11) is 0. The molecule has 6 nitrogen and oxygen atoms in total. The normalized spacial score (nSPS) is 12.1. The van der Waals surface area contributed by atoms with Crippen LogP contribution in [0, 0.1) is 5.92 Å². The largest absolute Gasteiger partial charge is 0.490 e. The van der Waals surface area contributed by atoms with Gasteiger partial charge in [0.25, 0.3) is 5.91 Å². The van der Waals surface area contributed by atoms with E-state index in [4.69, 9.17) is 14.2 Å². The molecule has 0 aliphatic rings. The number of rotatable bonds is 11. The quantitative estimate of drug-likeness (QED) is 0.471. The van der Waals surface area contributed by atoms with Crippen LogP contribution in [0.1, 0.15) is 46.6 Å². The summed E-state index contributed by atoms with van der Waals surface area (Å²) in [5.41, 5.74) is 0.775. The fraction of sp³-hybridized carbons (Fsp3) is 0.524. The van der Waals surface area contributed by atoms with E-state index in [1.807, 2.05) is 46.8 Å². The summed E-state index contributed by atoms with van der Waals surface area (Å²) in [5, 5.41) is 2.78. The molecule has 1 aromatic carbocycles. The maximum atomic E-state index is 11.8. The van der Waals surface area contributed by atoms with Gasteiger partial charge in [-0.3, -0.25) is 4.79 Å². The van der Waals surface area contributed by atoms with Crippen molar-refractivity contribution < 1.29 is 23.8 Å². The Kier molecular flexibility index (Phi) is 10.0. The molecular formula is C21H31NO5. The fourth-order valence-corrected chi connectivity index (χ4v) is 2.04. The second-order valence-corrected chi connectivity index (χ2v) is 6.53. The second kappa shape index (κ2) is 12.0. The van der Waals surface area contributed by atoms with Crippen molar-refractivity contribution in [2.45, 2.75) is 47.1 Å². The van der Waals surface area contributed by atoms with Crippen molar-refractivity contribution in [1.29, 1.82) is 0 Å². The number of ether oxygens (including phenoxy) is 3. The van der Waals surface area contributed by atoms with E-state index in [0.717, 1.165) is 12.0 Å². The molecule has 27 heavy (non-hydrogen) atoms. The molecule has 0 aliphatic carbocycles. The number of nitrogens with one attached hydrogen (secondary N) is 1. The smallest absolute Gasteiger partial charge is 0.331 e. The SMILES string of the molecule is CCCOc1ccc(/C=C/C(=O)OCC(=O)NC(C)C(C)C)cc1OCC. The predicted molar refractivity (Wildman–Crippen MR) is 106 cm³/mol. The fourth-order valence-electron chi connectivity index (χ4n) is 2.04. The number of benzene rings is 1. The van der Waals surface area contributed by atoms with Gasteiger partial charge in [0.2, 0.25) is 0 Å². The standard InChI is InChI=1S/C21H31NO5/c1-6-12-26-18-10-8-17(13-19(18)25-7-2)9-11-21(24)27-14-20(23)22-16(5)15(3)4/h8-11,13,15-16H,6-7,12,14H2,1-5H3,(H,22,23)/b11-9+. The summed E-state index contributed by atoms with van der Waals surface area (Å²) in [6.07, 6.45) is 3.81. The van der Waals surface area contributed by atoms with E-state index < -0.39 is 5.97 Å². The van der Waals surface area contributed by atoms with Gasteiger partial charge in [-0.15, -0.1) is 0 Å². The highest BCUT2D eigenvalue weighted by molar-refractivity contribution is 5.89. The van der Waals surface area contributed by atoms with Gasteiger partial charge in [0.05, 0.1) is 13.2 Å². The van der Waals surface area contributed by atoms with Crippen LogP contribution < -0.4 is 14.8 Å². The Labute approximate surface area is 161 Å². The lowest BCUT2D eigenvalue weighted by Gasteiger charge is -2.17. The minimum absolute atomic E-state index is 0.0252. The first-order valence-corrected chi connectivity index (χ1v) is 9.41. The van der Waals surface area contributed by atoms with Crippen LogP contribution in [0.2, 0.25) is 0 Å². The number of hydrogen-bond acceptors (Lipinski definition) is 5.